The minimum Gasteiger partial charge on any atom is -0.380 e. The van der Waals surface area contributed by atoms with Crippen molar-refractivity contribution in [3.63, 3.8) is 0 Å². The van der Waals surface area contributed by atoms with Gasteiger partial charge in [-0.25, -0.2) is 0 Å². The largest absolute Gasteiger partial charge is 0.380 e. The Balaban J connectivity index is 1.20. The zero-order valence-electron chi connectivity index (χ0n) is 17.5. The molecule has 30 heavy (non-hydrogen) atoms. The van der Waals surface area contributed by atoms with Crippen molar-refractivity contribution in [1.82, 2.24) is 9.80 Å². The highest BCUT2D eigenvalue weighted by Crippen LogP contribution is 2.24. The van der Waals surface area contributed by atoms with Crippen LogP contribution < -0.4 is 5.32 Å². The van der Waals surface area contributed by atoms with Gasteiger partial charge >= 0.3 is 0 Å². The quantitative estimate of drug-likeness (QED) is 0.799. The van der Waals surface area contributed by atoms with Gasteiger partial charge in [-0.05, 0) is 43.4 Å². The van der Waals surface area contributed by atoms with E-state index < -0.39 is 0 Å². The number of carbonyl (C=O) groups excluding carboxylic acids is 2. The van der Waals surface area contributed by atoms with Crippen LogP contribution in [0, 0.1) is 5.92 Å². The van der Waals surface area contributed by atoms with Crippen LogP contribution in [0.15, 0.2) is 60.7 Å². The Morgan fingerprint density at radius 2 is 1.47 bits per heavy atom. The van der Waals surface area contributed by atoms with E-state index in [0.717, 1.165) is 44.5 Å². The van der Waals surface area contributed by atoms with Crippen LogP contribution in [0.1, 0.15) is 31.2 Å². The molecule has 2 aliphatic rings. The number of aryl methyl sites for hydroxylation is 1. The first-order valence-corrected chi connectivity index (χ1v) is 11.1. The molecule has 5 nitrogen and oxygen atoms in total. The van der Waals surface area contributed by atoms with Gasteiger partial charge in [0.15, 0.2) is 0 Å². The summed E-state index contributed by atoms with van der Waals surface area (Å²) < 4.78 is 0. The molecule has 0 radical (unpaired) electrons. The first-order chi connectivity index (χ1) is 14.7. The Morgan fingerprint density at radius 1 is 0.833 bits per heavy atom. The number of hydrogen-bond donors (Lipinski definition) is 1. The molecular weight excluding hydrogens is 374 g/mol. The van der Waals surface area contributed by atoms with Crippen molar-refractivity contribution in [3.05, 3.63) is 66.2 Å². The molecule has 2 fully saturated rings. The molecule has 158 valence electrons. The molecule has 0 aliphatic carbocycles. The van der Waals surface area contributed by atoms with Crippen LogP contribution in [0.2, 0.25) is 0 Å². The summed E-state index contributed by atoms with van der Waals surface area (Å²) in [5.74, 6) is 0.528. The van der Waals surface area contributed by atoms with E-state index >= 15 is 0 Å². The standard InChI is InChI=1S/C25H31N3O2/c29-24(12-11-20-7-3-1-4-8-20)27-16-13-21(14-17-27)25(30)28-18-15-23(19-28)26-22-9-5-2-6-10-22/h1-10,21,23,26H,11-19H2. The fraction of sp³-hybridized carbons (Fsp3) is 0.440. The highest BCUT2D eigenvalue weighted by Gasteiger charge is 2.33. The van der Waals surface area contributed by atoms with Crippen LogP contribution >= 0.6 is 0 Å². The third-order valence-electron chi connectivity index (χ3n) is 6.31. The molecule has 2 aromatic carbocycles. The van der Waals surface area contributed by atoms with Crippen LogP contribution in [0.25, 0.3) is 0 Å². The molecule has 0 bridgehead atoms. The van der Waals surface area contributed by atoms with Gasteiger partial charge in [0.25, 0.3) is 0 Å². The van der Waals surface area contributed by atoms with E-state index in [2.05, 4.69) is 29.6 Å². The van der Waals surface area contributed by atoms with E-state index in [4.69, 9.17) is 0 Å². The Labute approximate surface area is 179 Å². The molecule has 2 aromatic rings. The summed E-state index contributed by atoms with van der Waals surface area (Å²) in [4.78, 5) is 29.5. The summed E-state index contributed by atoms with van der Waals surface area (Å²) in [6, 6.07) is 20.6. The molecule has 1 unspecified atom stereocenters. The fourth-order valence-corrected chi connectivity index (χ4v) is 4.54. The Bertz CT molecular complexity index is 832. The molecular formula is C25H31N3O2. The summed E-state index contributed by atoms with van der Waals surface area (Å²) in [6.07, 6.45) is 3.87. The number of nitrogens with zero attached hydrogens (tertiary/aromatic N) is 2. The van der Waals surface area contributed by atoms with Gasteiger partial charge in [0, 0.05) is 50.2 Å². The number of piperidine rings is 1. The molecule has 2 heterocycles. The molecule has 2 amide bonds. The van der Waals surface area contributed by atoms with Crippen LogP contribution in [0.3, 0.4) is 0 Å². The Morgan fingerprint density at radius 3 is 2.17 bits per heavy atom. The molecule has 0 spiro atoms. The topological polar surface area (TPSA) is 52.7 Å². The van der Waals surface area contributed by atoms with Crippen LogP contribution in [-0.4, -0.2) is 53.8 Å². The van der Waals surface area contributed by atoms with E-state index in [-0.39, 0.29) is 17.7 Å². The van der Waals surface area contributed by atoms with Gasteiger partial charge in [0.1, 0.15) is 0 Å². The predicted octanol–water partition coefficient (Wildman–Crippen LogP) is 3.57. The second-order valence-electron chi connectivity index (χ2n) is 8.42. The number of benzene rings is 2. The lowest BCUT2D eigenvalue weighted by atomic mass is 9.95. The van der Waals surface area contributed by atoms with Crippen LogP contribution in [0.4, 0.5) is 5.69 Å². The van der Waals surface area contributed by atoms with Crippen molar-refractivity contribution < 1.29 is 9.59 Å². The minimum absolute atomic E-state index is 0.0543. The molecule has 1 N–H and O–H groups in total. The maximum absolute atomic E-state index is 13.0. The second kappa shape index (κ2) is 9.79. The second-order valence-corrected chi connectivity index (χ2v) is 8.42. The number of nitrogens with one attached hydrogen (secondary N) is 1. The number of hydrogen-bond acceptors (Lipinski definition) is 3. The Kier molecular flexibility index (Phi) is 6.67. The molecule has 4 rings (SSSR count). The normalized spacial score (nSPS) is 19.7. The molecule has 1 atom stereocenters. The van der Waals surface area contributed by atoms with E-state index in [0.29, 0.717) is 25.6 Å². The first kappa shape index (κ1) is 20.5. The van der Waals surface area contributed by atoms with Crippen molar-refractivity contribution in [2.75, 3.05) is 31.5 Å². The summed E-state index contributed by atoms with van der Waals surface area (Å²) in [7, 11) is 0. The summed E-state index contributed by atoms with van der Waals surface area (Å²) in [5, 5.41) is 3.53. The average molecular weight is 406 g/mol. The SMILES string of the molecule is O=C(CCc1ccccc1)N1CCC(C(=O)N2CCC(Nc3ccccc3)C2)CC1. The van der Waals surface area contributed by atoms with Gasteiger partial charge in [-0.1, -0.05) is 48.5 Å². The van der Waals surface area contributed by atoms with Gasteiger partial charge in [-0.3, -0.25) is 9.59 Å². The highest BCUT2D eigenvalue weighted by molar-refractivity contribution is 5.80. The highest BCUT2D eigenvalue weighted by atomic mass is 16.2. The zero-order chi connectivity index (χ0) is 20.8. The maximum atomic E-state index is 13.0. The third kappa shape index (κ3) is 5.21. The minimum atomic E-state index is 0.0543. The van der Waals surface area contributed by atoms with E-state index in [1.54, 1.807) is 0 Å². The monoisotopic (exact) mass is 405 g/mol. The van der Waals surface area contributed by atoms with Gasteiger partial charge in [-0.2, -0.15) is 0 Å². The van der Waals surface area contributed by atoms with Crippen molar-refractivity contribution in [2.24, 2.45) is 5.92 Å². The molecule has 5 heteroatoms. The number of rotatable bonds is 6. The molecule has 0 aromatic heterocycles. The fourth-order valence-electron chi connectivity index (χ4n) is 4.54. The number of anilines is 1. The average Bonchev–Trinajstić information content (AvgIpc) is 3.27. The van der Waals surface area contributed by atoms with E-state index in [1.165, 1.54) is 5.56 Å². The first-order valence-electron chi connectivity index (χ1n) is 11.1. The zero-order valence-corrected chi connectivity index (χ0v) is 17.5. The predicted molar refractivity (Wildman–Crippen MR) is 119 cm³/mol. The number of carbonyl (C=O) groups is 2. The maximum Gasteiger partial charge on any atom is 0.225 e. The van der Waals surface area contributed by atoms with Crippen molar-refractivity contribution in [1.29, 1.82) is 0 Å². The molecule has 2 saturated heterocycles. The lowest BCUT2D eigenvalue weighted by Gasteiger charge is -2.33. The Hall–Kier alpha value is -2.82. The lowest BCUT2D eigenvalue weighted by molar-refractivity contribution is -0.140. The van der Waals surface area contributed by atoms with Crippen molar-refractivity contribution in [3.8, 4) is 0 Å². The van der Waals surface area contributed by atoms with Crippen molar-refractivity contribution >= 4 is 17.5 Å². The van der Waals surface area contributed by atoms with E-state index in [9.17, 15) is 9.59 Å². The van der Waals surface area contributed by atoms with Crippen LogP contribution in [-0.2, 0) is 16.0 Å². The summed E-state index contributed by atoms with van der Waals surface area (Å²) in [6.45, 7) is 2.98. The molecule has 0 saturated carbocycles. The van der Waals surface area contributed by atoms with Crippen LogP contribution in [0.5, 0.6) is 0 Å². The number of amides is 2. The van der Waals surface area contributed by atoms with Gasteiger partial charge in [-0.15, -0.1) is 0 Å². The summed E-state index contributed by atoms with van der Waals surface area (Å²) in [5.41, 5.74) is 2.31. The van der Waals surface area contributed by atoms with Crippen molar-refractivity contribution in [2.45, 2.75) is 38.1 Å². The van der Waals surface area contributed by atoms with Gasteiger partial charge < -0.3 is 15.1 Å². The number of likely N-dealkylation sites (tertiary alicyclic amines) is 2. The van der Waals surface area contributed by atoms with E-state index in [1.807, 2.05) is 46.2 Å². The lowest BCUT2D eigenvalue weighted by Crippen LogP contribution is -2.44. The van der Waals surface area contributed by atoms with Gasteiger partial charge in [0.2, 0.25) is 11.8 Å². The number of para-hydroxylation sites is 1. The smallest absolute Gasteiger partial charge is 0.225 e. The molecule has 2 aliphatic heterocycles. The van der Waals surface area contributed by atoms with Gasteiger partial charge in [0.05, 0.1) is 0 Å². The third-order valence-corrected chi connectivity index (χ3v) is 6.31. The summed E-state index contributed by atoms with van der Waals surface area (Å²) >= 11 is 0.